The third-order valence-corrected chi connectivity index (χ3v) is 6.25. The molecule has 1 atom stereocenters. The van der Waals surface area contributed by atoms with Gasteiger partial charge in [-0.25, -0.2) is 0 Å². The zero-order valence-electron chi connectivity index (χ0n) is 20.9. The summed E-state index contributed by atoms with van der Waals surface area (Å²) in [5.41, 5.74) is 1.15. The van der Waals surface area contributed by atoms with Gasteiger partial charge in [0.05, 0.1) is 11.5 Å². The lowest BCUT2D eigenvalue weighted by atomic mass is 9.87. The minimum absolute atomic E-state index is 0.0387. The van der Waals surface area contributed by atoms with Crippen molar-refractivity contribution in [1.82, 2.24) is 0 Å². The van der Waals surface area contributed by atoms with Crippen LogP contribution in [0.15, 0.2) is 53.4 Å². The summed E-state index contributed by atoms with van der Waals surface area (Å²) in [7, 11) is -4.08. The van der Waals surface area contributed by atoms with Gasteiger partial charge in [0.1, 0.15) is 16.8 Å². The van der Waals surface area contributed by atoms with Crippen molar-refractivity contribution in [3.63, 3.8) is 0 Å². The molecule has 33 heavy (non-hydrogen) atoms. The number of ether oxygens (including phenoxy) is 1. The number of benzene rings is 2. The molecule has 0 spiro atoms. The lowest BCUT2D eigenvalue weighted by Gasteiger charge is -2.29. The highest BCUT2D eigenvalue weighted by molar-refractivity contribution is 7.86. The zero-order chi connectivity index (χ0) is 25.4. The number of ketones is 1. The van der Waals surface area contributed by atoms with Crippen LogP contribution in [0.4, 0.5) is 0 Å². The van der Waals surface area contributed by atoms with Gasteiger partial charge in [0.15, 0.2) is 0 Å². The quantitative estimate of drug-likeness (QED) is 0.310. The monoisotopic (exact) mass is 476 g/mol. The van der Waals surface area contributed by atoms with E-state index >= 15 is 0 Å². The number of hydrogen-bond donors (Lipinski definition) is 0. The number of aryl methyl sites for hydroxylation is 3. The normalized spacial score (nSPS) is 13.3. The topological polar surface area (TPSA) is 86.7 Å². The van der Waals surface area contributed by atoms with E-state index in [0.29, 0.717) is 0 Å². The number of carbonyl (C=O) groups is 2. The number of hydrogen-bond acceptors (Lipinski definition) is 6. The molecule has 0 aromatic heterocycles. The van der Waals surface area contributed by atoms with Crippen molar-refractivity contribution in [2.45, 2.75) is 72.3 Å². The minimum Gasteiger partial charge on any atom is -0.459 e. The molecule has 182 valence electrons. The Morgan fingerprint density at radius 2 is 1.30 bits per heavy atom. The second-order valence-corrected chi connectivity index (χ2v) is 10.9. The van der Waals surface area contributed by atoms with Gasteiger partial charge < -0.3 is 4.74 Å². The molecule has 2 aromatic rings. The summed E-state index contributed by atoms with van der Waals surface area (Å²) in [5.74, 6) is -1.35. The van der Waals surface area contributed by atoms with Crippen molar-refractivity contribution in [2.75, 3.05) is 6.61 Å². The summed E-state index contributed by atoms with van der Waals surface area (Å²) in [6.07, 6.45) is 1.14. The summed E-state index contributed by atoms with van der Waals surface area (Å²) in [5, 5.41) is 0. The minimum atomic E-state index is -4.08. The van der Waals surface area contributed by atoms with E-state index in [1.54, 1.807) is 32.9 Å². The van der Waals surface area contributed by atoms with Crippen LogP contribution in [0.5, 0.6) is 0 Å². The van der Waals surface area contributed by atoms with Crippen LogP contribution in [0.25, 0.3) is 0 Å². The third-order valence-electron chi connectivity index (χ3n) is 4.97. The van der Waals surface area contributed by atoms with E-state index in [1.807, 2.05) is 6.92 Å². The Kier molecular flexibility index (Phi) is 10.00. The van der Waals surface area contributed by atoms with Crippen molar-refractivity contribution in [3.05, 3.63) is 65.2 Å². The van der Waals surface area contributed by atoms with Crippen LogP contribution >= 0.6 is 0 Å². The second kappa shape index (κ2) is 11.6. The first-order valence-corrected chi connectivity index (χ1v) is 12.3. The first-order chi connectivity index (χ1) is 15.1. The zero-order valence-corrected chi connectivity index (χ0v) is 21.7. The van der Waals surface area contributed by atoms with E-state index in [9.17, 15) is 18.0 Å². The molecular formula is C26H36O6S. The van der Waals surface area contributed by atoms with Gasteiger partial charge in [-0.05, 0) is 72.6 Å². The summed E-state index contributed by atoms with van der Waals surface area (Å²) in [6.45, 7) is 13.0. The van der Waals surface area contributed by atoms with Gasteiger partial charge in [0.2, 0.25) is 0 Å². The van der Waals surface area contributed by atoms with Crippen LogP contribution < -0.4 is 0 Å². The number of rotatable bonds is 7. The Bertz CT molecular complexity index is 1030. The van der Waals surface area contributed by atoms with Crippen LogP contribution in [-0.2, 0) is 35.0 Å². The van der Waals surface area contributed by atoms with E-state index in [4.69, 9.17) is 8.92 Å². The molecular weight excluding hydrogens is 440 g/mol. The molecule has 0 radical (unpaired) electrons. The van der Waals surface area contributed by atoms with Crippen molar-refractivity contribution in [2.24, 2.45) is 5.41 Å². The molecule has 7 heteroatoms. The fourth-order valence-electron chi connectivity index (χ4n) is 2.49. The fraction of sp³-hybridized carbons (Fsp3) is 0.462. The van der Waals surface area contributed by atoms with Crippen LogP contribution in [0, 0.1) is 19.3 Å². The van der Waals surface area contributed by atoms with Crippen LogP contribution in [-0.4, -0.2) is 32.4 Å². The summed E-state index contributed by atoms with van der Waals surface area (Å²) in [4.78, 5) is 24.2. The van der Waals surface area contributed by atoms with E-state index in [1.165, 1.54) is 37.1 Å². The molecule has 0 saturated carbocycles. The summed E-state index contributed by atoms with van der Waals surface area (Å²) >= 11 is 0. The van der Waals surface area contributed by atoms with Crippen molar-refractivity contribution in [3.8, 4) is 0 Å². The molecule has 0 saturated heterocycles. The largest absolute Gasteiger partial charge is 0.459 e. The molecule has 1 unspecified atom stereocenters. The fourth-order valence-corrected chi connectivity index (χ4v) is 3.48. The Labute approximate surface area is 198 Å². The van der Waals surface area contributed by atoms with Crippen molar-refractivity contribution >= 4 is 21.9 Å². The molecule has 0 heterocycles. The van der Waals surface area contributed by atoms with E-state index in [0.717, 1.165) is 12.0 Å². The average molecular weight is 477 g/mol. The molecule has 0 aliphatic carbocycles. The number of esters is 1. The van der Waals surface area contributed by atoms with Crippen molar-refractivity contribution < 1.29 is 26.9 Å². The summed E-state index contributed by atoms with van der Waals surface area (Å²) < 4.78 is 34.7. The Hall–Kier alpha value is -2.51. The maximum Gasteiger partial charge on any atom is 0.322 e. The van der Waals surface area contributed by atoms with Gasteiger partial charge >= 0.3 is 5.97 Å². The smallest absolute Gasteiger partial charge is 0.322 e. The molecule has 0 N–H and O–H groups in total. The molecule has 2 rings (SSSR count). The highest BCUT2D eigenvalue weighted by Crippen LogP contribution is 2.26. The predicted molar refractivity (Wildman–Crippen MR) is 130 cm³/mol. The summed E-state index contributed by atoms with van der Waals surface area (Å²) in [6, 6.07) is 14.7. The van der Waals surface area contributed by atoms with Gasteiger partial charge in [-0.1, -0.05) is 54.4 Å². The van der Waals surface area contributed by atoms with Gasteiger partial charge in [-0.3, -0.25) is 13.8 Å². The molecule has 0 amide bonds. The van der Waals surface area contributed by atoms with Crippen LogP contribution in [0.1, 0.15) is 58.2 Å². The lowest BCUT2D eigenvalue weighted by molar-refractivity contribution is -0.170. The molecule has 0 aliphatic rings. The number of Topliss-reactive ketones (excluding diaryl/α,β-unsaturated/α-hetero) is 1. The Morgan fingerprint density at radius 3 is 1.70 bits per heavy atom. The number of carbonyl (C=O) groups excluding carboxylic acids is 2. The van der Waals surface area contributed by atoms with Crippen LogP contribution in [0.2, 0.25) is 0 Å². The SMILES string of the molecule is CC(=O)C(C)(COS(=O)(=O)c1ccc(C)cc1)C(=O)OC(C)(C)C.CCc1ccc(C)cc1. The second-order valence-electron chi connectivity index (χ2n) is 9.26. The third kappa shape index (κ3) is 9.10. The van der Waals surface area contributed by atoms with E-state index in [2.05, 4.69) is 38.1 Å². The van der Waals surface area contributed by atoms with Gasteiger partial charge in [-0.15, -0.1) is 0 Å². The van der Waals surface area contributed by atoms with Crippen LogP contribution in [0.3, 0.4) is 0 Å². The van der Waals surface area contributed by atoms with E-state index in [-0.39, 0.29) is 4.90 Å². The Balaban J connectivity index is 0.000000502. The Morgan fingerprint density at radius 1 is 0.848 bits per heavy atom. The molecule has 0 aliphatic heterocycles. The van der Waals surface area contributed by atoms with Gasteiger partial charge in [0, 0.05) is 0 Å². The van der Waals surface area contributed by atoms with Gasteiger partial charge in [0.25, 0.3) is 10.1 Å². The molecule has 0 fully saturated rings. The highest BCUT2D eigenvalue weighted by Gasteiger charge is 2.43. The van der Waals surface area contributed by atoms with E-state index < -0.39 is 39.5 Å². The average Bonchev–Trinajstić information content (AvgIpc) is 2.72. The molecule has 2 aromatic carbocycles. The first kappa shape index (κ1) is 28.5. The first-order valence-electron chi connectivity index (χ1n) is 10.9. The highest BCUT2D eigenvalue weighted by atomic mass is 32.2. The maximum atomic E-state index is 12.3. The van der Waals surface area contributed by atoms with Gasteiger partial charge in [-0.2, -0.15) is 8.42 Å². The molecule has 6 nitrogen and oxygen atoms in total. The lowest BCUT2D eigenvalue weighted by Crippen LogP contribution is -2.44. The predicted octanol–water partition coefficient (Wildman–Crippen LogP) is 5.19. The standard InChI is InChI=1S/C17H24O6S.C9H12/c1-12-7-9-14(10-8-12)24(20,21)22-11-17(6,13(2)18)15(19)23-16(3,4)5;1-3-9-6-4-8(2)5-7-9/h7-10H,11H2,1-6H3;4-7H,3H2,1-2H3. The van der Waals surface area contributed by atoms with Crippen molar-refractivity contribution in [1.29, 1.82) is 0 Å². The maximum absolute atomic E-state index is 12.3. The molecule has 0 bridgehead atoms.